The van der Waals surface area contributed by atoms with Gasteiger partial charge in [-0.1, -0.05) is 13.8 Å². The topological polar surface area (TPSA) is 64.1 Å². The molecule has 1 aliphatic carbocycles. The second-order valence-corrected chi connectivity index (χ2v) is 5.86. The first-order valence-electron chi connectivity index (χ1n) is 6.67. The van der Waals surface area contributed by atoms with E-state index in [9.17, 15) is 4.79 Å². The van der Waals surface area contributed by atoms with Crippen LogP contribution in [0.4, 0.5) is 5.82 Å². The van der Waals surface area contributed by atoms with Crippen LogP contribution in [-0.2, 0) is 4.74 Å². The fraction of sp³-hybridized carbons (Fsp3) is 0.643. The van der Waals surface area contributed by atoms with Gasteiger partial charge < -0.3 is 10.1 Å². The third-order valence-electron chi connectivity index (χ3n) is 3.80. The molecule has 0 aromatic carbocycles. The van der Waals surface area contributed by atoms with E-state index < -0.39 is 5.97 Å². The molecule has 1 aliphatic rings. The summed E-state index contributed by atoms with van der Waals surface area (Å²) >= 11 is 0. The fourth-order valence-corrected chi connectivity index (χ4v) is 2.44. The standard InChI is InChI=1S/C14H21N3O2/c1-14(2)6-4-10(5-7-14)17-12-11(13(18)19-3)8-15-9-16-12/h8-10H,4-7H2,1-3H3,(H,15,16,17). The molecule has 1 aromatic heterocycles. The molecule has 1 aromatic rings. The van der Waals surface area contributed by atoms with Crippen molar-refractivity contribution in [1.82, 2.24) is 9.97 Å². The zero-order valence-electron chi connectivity index (χ0n) is 11.8. The van der Waals surface area contributed by atoms with Gasteiger partial charge in [0.15, 0.2) is 0 Å². The van der Waals surface area contributed by atoms with E-state index in [-0.39, 0.29) is 0 Å². The molecule has 5 nitrogen and oxygen atoms in total. The highest BCUT2D eigenvalue weighted by Gasteiger charge is 2.27. The third kappa shape index (κ3) is 3.43. The molecule has 2 rings (SSSR count). The Morgan fingerprint density at radius 2 is 2.11 bits per heavy atom. The van der Waals surface area contributed by atoms with Gasteiger partial charge in [0, 0.05) is 12.2 Å². The van der Waals surface area contributed by atoms with E-state index in [2.05, 4.69) is 29.1 Å². The molecule has 1 heterocycles. The van der Waals surface area contributed by atoms with Gasteiger partial charge in [-0.2, -0.15) is 0 Å². The summed E-state index contributed by atoms with van der Waals surface area (Å²) in [5, 5.41) is 3.35. The maximum Gasteiger partial charge on any atom is 0.343 e. The van der Waals surface area contributed by atoms with Crippen LogP contribution in [0.15, 0.2) is 12.5 Å². The van der Waals surface area contributed by atoms with Crippen molar-refractivity contribution in [3.8, 4) is 0 Å². The number of carbonyl (C=O) groups excluding carboxylic acids is 1. The number of nitrogens with one attached hydrogen (secondary N) is 1. The van der Waals surface area contributed by atoms with Crippen molar-refractivity contribution < 1.29 is 9.53 Å². The van der Waals surface area contributed by atoms with Crippen molar-refractivity contribution in [2.24, 2.45) is 5.41 Å². The Kier molecular flexibility index (Phi) is 4.02. The first-order chi connectivity index (χ1) is 9.02. The highest BCUT2D eigenvalue weighted by atomic mass is 16.5. The van der Waals surface area contributed by atoms with Crippen LogP contribution >= 0.6 is 0 Å². The van der Waals surface area contributed by atoms with Crippen LogP contribution < -0.4 is 5.32 Å². The van der Waals surface area contributed by atoms with Crippen LogP contribution in [0.2, 0.25) is 0 Å². The SMILES string of the molecule is COC(=O)c1cncnc1NC1CCC(C)(C)CC1. The van der Waals surface area contributed by atoms with Gasteiger partial charge in [0.1, 0.15) is 17.7 Å². The molecular weight excluding hydrogens is 242 g/mol. The van der Waals surface area contributed by atoms with Gasteiger partial charge in [0.2, 0.25) is 0 Å². The van der Waals surface area contributed by atoms with E-state index in [1.54, 1.807) is 0 Å². The summed E-state index contributed by atoms with van der Waals surface area (Å²) < 4.78 is 4.74. The Balaban J connectivity index is 2.06. The summed E-state index contributed by atoms with van der Waals surface area (Å²) in [4.78, 5) is 19.7. The number of hydrogen-bond acceptors (Lipinski definition) is 5. The molecule has 0 unspecified atom stereocenters. The largest absolute Gasteiger partial charge is 0.465 e. The van der Waals surface area contributed by atoms with Crippen molar-refractivity contribution in [3.63, 3.8) is 0 Å². The van der Waals surface area contributed by atoms with E-state index in [1.807, 2.05) is 0 Å². The quantitative estimate of drug-likeness (QED) is 0.849. The minimum absolute atomic E-state index is 0.367. The number of esters is 1. The molecule has 19 heavy (non-hydrogen) atoms. The van der Waals surface area contributed by atoms with E-state index in [4.69, 9.17) is 4.74 Å². The van der Waals surface area contributed by atoms with E-state index in [0.717, 1.165) is 12.8 Å². The second-order valence-electron chi connectivity index (χ2n) is 5.86. The van der Waals surface area contributed by atoms with Crippen molar-refractivity contribution in [2.45, 2.75) is 45.6 Å². The molecule has 0 atom stereocenters. The molecule has 1 saturated carbocycles. The maximum absolute atomic E-state index is 11.6. The highest BCUT2D eigenvalue weighted by molar-refractivity contribution is 5.94. The number of anilines is 1. The summed E-state index contributed by atoms with van der Waals surface area (Å²) in [5.74, 6) is 0.172. The van der Waals surface area contributed by atoms with Gasteiger partial charge in [-0.3, -0.25) is 0 Å². The van der Waals surface area contributed by atoms with Gasteiger partial charge >= 0.3 is 5.97 Å². The van der Waals surface area contributed by atoms with Gasteiger partial charge in [0.25, 0.3) is 0 Å². The number of ether oxygens (including phenoxy) is 1. The van der Waals surface area contributed by atoms with Gasteiger partial charge in [-0.15, -0.1) is 0 Å². The van der Waals surface area contributed by atoms with E-state index in [1.165, 1.54) is 32.5 Å². The van der Waals surface area contributed by atoms with Crippen LogP contribution in [0.25, 0.3) is 0 Å². The summed E-state index contributed by atoms with van der Waals surface area (Å²) in [6, 6.07) is 0.367. The number of rotatable bonds is 3. The Morgan fingerprint density at radius 1 is 1.42 bits per heavy atom. The molecule has 1 N–H and O–H groups in total. The predicted octanol–water partition coefficient (Wildman–Crippen LogP) is 2.64. The van der Waals surface area contributed by atoms with Crippen LogP contribution in [0.3, 0.4) is 0 Å². The smallest absolute Gasteiger partial charge is 0.343 e. The average molecular weight is 263 g/mol. The van der Waals surface area contributed by atoms with Crippen LogP contribution in [0.1, 0.15) is 49.9 Å². The normalized spacial score (nSPS) is 18.9. The van der Waals surface area contributed by atoms with E-state index in [0.29, 0.717) is 22.8 Å². The highest BCUT2D eigenvalue weighted by Crippen LogP contribution is 2.36. The average Bonchev–Trinajstić information content (AvgIpc) is 2.41. The fourth-order valence-electron chi connectivity index (χ4n) is 2.44. The predicted molar refractivity (Wildman–Crippen MR) is 73.0 cm³/mol. The maximum atomic E-state index is 11.6. The molecule has 0 saturated heterocycles. The van der Waals surface area contributed by atoms with Crippen molar-refractivity contribution in [2.75, 3.05) is 12.4 Å². The van der Waals surface area contributed by atoms with Crippen LogP contribution in [0.5, 0.6) is 0 Å². The van der Waals surface area contributed by atoms with Crippen LogP contribution in [-0.4, -0.2) is 29.1 Å². The number of methoxy groups -OCH3 is 1. The molecule has 104 valence electrons. The van der Waals surface area contributed by atoms with E-state index >= 15 is 0 Å². The van der Waals surface area contributed by atoms with Gasteiger partial charge in [-0.05, 0) is 31.1 Å². The zero-order chi connectivity index (χ0) is 13.9. The number of carbonyl (C=O) groups is 1. The lowest BCUT2D eigenvalue weighted by Crippen LogP contribution is -2.30. The lowest BCUT2D eigenvalue weighted by atomic mass is 9.75. The van der Waals surface area contributed by atoms with Gasteiger partial charge in [-0.25, -0.2) is 14.8 Å². The first-order valence-corrected chi connectivity index (χ1v) is 6.67. The Labute approximate surface area is 113 Å². The number of nitrogens with zero attached hydrogens (tertiary/aromatic N) is 2. The lowest BCUT2D eigenvalue weighted by molar-refractivity contribution is 0.0601. The molecule has 1 fully saturated rings. The van der Waals surface area contributed by atoms with Crippen molar-refractivity contribution in [3.05, 3.63) is 18.1 Å². The molecule has 0 radical (unpaired) electrons. The summed E-state index contributed by atoms with van der Waals surface area (Å²) in [6.07, 6.45) is 7.50. The monoisotopic (exact) mass is 263 g/mol. The molecule has 0 amide bonds. The number of hydrogen-bond donors (Lipinski definition) is 1. The zero-order valence-corrected chi connectivity index (χ0v) is 11.8. The molecule has 0 aliphatic heterocycles. The van der Waals surface area contributed by atoms with Crippen molar-refractivity contribution >= 4 is 11.8 Å². The van der Waals surface area contributed by atoms with Gasteiger partial charge in [0.05, 0.1) is 7.11 Å². The lowest BCUT2D eigenvalue weighted by Gasteiger charge is -2.34. The minimum Gasteiger partial charge on any atom is -0.465 e. The summed E-state index contributed by atoms with van der Waals surface area (Å²) in [6.45, 7) is 4.60. The third-order valence-corrected chi connectivity index (χ3v) is 3.80. The minimum atomic E-state index is -0.403. The summed E-state index contributed by atoms with van der Waals surface area (Å²) in [5.41, 5.74) is 0.824. The molecule has 0 bridgehead atoms. The number of aromatic nitrogens is 2. The first kappa shape index (κ1) is 13.8. The van der Waals surface area contributed by atoms with Crippen molar-refractivity contribution in [1.29, 1.82) is 0 Å². The molecule has 0 spiro atoms. The molecular formula is C14H21N3O2. The second kappa shape index (κ2) is 5.55. The Hall–Kier alpha value is -1.65. The summed E-state index contributed by atoms with van der Waals surface area (Å²) in [7, 11) is 1.36. The Morgan fingerprint density at radius 3 is 2.74 bits per heavy atom. The molecule has 5 heteroatoms. The van der Waals surface area contributed by atoms with Crippen LogP contribution in [0, 0.1) is 5.41 Å². The Bertz CT molecular complexity index is 450.